The minimum atomic E-state index is 0.223. The van der Waals surface area contributed by atoms with E-state index < -0.39 is 0 Å². The SMILES string of the molecule is CC1=C(C)SC(=C(C#N)C#N)S1. The summed E-state index contributed by atoms with van der Waals surface area (Å²) in [4.78, 5) is 2.36. The van der Waals surface area contributed by atoms with Gasteiger partial charge in [-0.3, -0.25) is 0 Å². The summed E-state index contributed by atoms with van der Waals surface area (Å²) in [5, 5.41) is 17.2. The molecule has 0 saturated carbocycles. The van der Waals surface area contributed by atoms with Crippen molar-refractivity contribution in [2.45, 2.75) is 13.8 Å². The van der Waals surface area contributed by atoms with Crippen LogP contribution in [0, 0.1) is 22.7 Å². The van der Waals surface area contributed by atoms with Gasteiger partial charge in [0.2, 0.25) is 0 Å². The molecule has 0 N–H and O–H groups in total. The third-order valence-electron chi connectivity index (χ3n) is 1.42. The highest BCUT2D eigenvalue weighted by Gasteiger charge is 2.18. The van der Waals surface area contributed by atoms with Gasteiger partial charge in [0.15, 0.2) is 0 Å². The fourth-order valence-electron chi connectivity index (χ4n) is 0.661. The second-order valence-corrected chi connectivity index (χ2v) is 4.91. The number of thioether (sulfide) groups is 2. The van der Waals surface area contributed by atoms with E-state index in [0.717, 1.165) is 4.24 Å². The summed E-state index contributed by atoms with van der Waals surface area (Å²) in [5.74, 6) is 0. The van der Waals surface area contributed by atoms with E-state index in [0.29, 0.717) is 0 Å². The van der Waals surface area contributed by atoms with E-state index in [-0.39, 0.29) is 5.57 Å². The fourth-order valence-corrected chi connectivity index (χ4v) is 3.06. The Morgan fingerprint density at radius 2 is 1.50 bits per heavy atom. The zero-order valence-electron chi connectivity index (χ0n) is 6.71. The molecule has 0 bridgehead atoms. The van der Waals surface area contributed by atoms with Gasteiger partial charge in [0.05, 0.1) is 4.24 Å². The molecule has 0 aromatic carbocycles. The lowest BCUT2D eigenvalue weighted by atomic mass is 10.4. The monoisotopic (exact) mass is 194 g/mol. The molecule has 0 aromatic heterocycles. The number of allylic oxidation sites excluding steroid dienone is 3. The van der Waals surface area contributed by atoms with Gasteiger partial charge >= 0.3 is 0 Å². The normalized spacial score (nSPS) is 15.8. The van der Waals surface area contributed by atoms with Crippen molar-refractivity contribution < 1.29 is 0 Å². The van der Waals surface area contributed by atoms with Crippen molar-refractivity contribution >= 4 is 23.5 Å². The third-order valence-corrected chi connectivity index (χ3v) is 4.05. The molecule has 0 aliphatic carbocycles. The second-order valence-electron chi connectivity index (χ2n) is 2.20. The molecule has 1 heterocycles. The number of nitrogens with zero attached hydrogens (tertiary/aromatic N) is 2. The molecule has 0 aromatic rings. The van der Waals surface area contributed by atoms with Crippen LogP contribution in [-0.2, 0) is 0 Å². The van der Waals surface area contributed by atoms with Crippen LogP contribution in [-0.4, -0.2) is 0 Å². The molecule has 0 spiro atoms. The maximum atomic E-state index is 8.58. The summed E-state index contributed by atoms with van der Waals surface area (Å²) in [6.07, 6.45) is 0. The highest BCUT2D eigenvalue weighted by atomic mass is 32.2. The summed E-state index contributed by atoms with van der Waals surface area (Å²) >= 11 is 3.02. The molecule has 1 aliphatic rings. The molecule has 0 atom stereocenters. The van der Waals surface area contributed by atoms with Gasteiger partial charge in [-0.05, 0) is 23.7 Å². The lowest BCUT2D eigenvalue weighted by Gasteiger charge is -1.91. The Balaban J connectivity index is 2.96. The van der Waals surface area contributed by atoms with Gasteiger partial charge in [0.25, 0.3) is 0 Å². The number of hydrogen-bond acceptors (Lipinski definition) is 4. The van der Waals surface area contributed by atoms with Gasteiger partial charge in [-0.1, -0.05) is 23.5 Å². The first-order valence-electron chi connectivity index (χ1n) is 3.26. The molecule has 0 unspecified atom stereocenters. The smallest absolute Gasteiger partial charge is 0.150 e. The Bertz CT molecular complexity index is 320. The molecular weight excluding hydrogens is 188 g/mol. The molecule has 2 nitrogen and oxygen atoms in total. The minimum Gasteiger partial charge on any atom is -0.192 e. The van der Waals surface area contributed by atoms with Crippen LogP contribution in [0.5, 0.6) is 0 Å². The lowest BCUT2D eigenvalue weighted by molar-refractivity contribution is 1.47. The van der Waals surface area contributed by atoms with Crippen molar-refractivity contribution in [2.24, 2.45) is 0 Å². The van der Waals surface area contributed by atoms with Crippen LogP contribution >= 0.6 is 23.5 Å². The van der Waals surface area contributed by atoms with Gasteiger partial charge in [-0.25, -0.2) is 0 Å². The van der Waals surface area contributed by atoms with Crippen molar-refractivity contribution in [1.82, 2.24) is 0 Å². The van der Waals surface area contributed by atoms with Crippen LogP contribution in [0.4, 0.5) is 0 Å². The molecule has 1 rings (SSSR count). The summed E-state index contributed by atoms with van der Waals surface area (Å²) in [7, 11) is 0. The Hall–Kier alpha value is -0.840. The molecule has 0 saturated heterocycles. The van der Waals surface area contributed by atoms with Gasteiger partial charge in [0, 0.05) is 0 Å². The summed E-state index contributed by atoms with van der Waals surface area (Å²) in [5.41, 5.74) is 0.223. The van der Waals surface area contributed by atoms with E-state index in [2.05, 4.69) is 0 Å². The maximum absolute atomic E-state index is 8.58. The van der Waals surface area contributed by atoms with E-state index in [1.807, 2.05) is 26.0 Å². The average Bonchev–Trinajstić information content (AvgIpc) is 2.35. The van der Waals surface area contributed by atoms with Crippen molar-refractivity contribution in [3.8, 4) is 12.1 Å². The van der Waals surface area contributed by atoms with E-state index in [4.69, 9.17) is 10.5 Å². The van der Waals surface area contributed by atoms with Crippen LogP contribution in [0.1, 0.15) is 13.8 Å². The van der Waals surface area contributed by atoms with Crippen LogP contribution in [0.3, 0.4) is 0 Å². The van der Waals surface area contributed by atoms with E-state index in [1.54, 1.807) is 0 Å². The van der Waals surface area contributed by atoms with Gasteiger partial charge in [0.1, 0.15) is 17.7 Å². The first kappa shape index (κ1) is 9.25. The largest absolute Gasteiger partial charge is 0.192 e. The summed E-state index contributed by atoms with van der Waals surface area (Å²) in [6.45, 7) is 3.98. The Labute approximate surface area is 79.9 Å². The highest BCUT2D eigenvalue weighted by molar-refractivity contribution is 8.28. The quantitative estimate of drug-likeness (QED) is 0.556. The average molecular weight is 194 g/mol. The standard InChI is InChI=1S/C8H6N2S2/c1-5-6(2)12-8(11-5)7(3-9)4-10/h1-2H3. The second kappa shape index (κ2) is 3.71. The van der Waals surface area contributed by atoms with E-state index >= 15 is 0 Å². The van der Waals surface area contributed by atoms with Crippen molar-refractivity contribution in [3.63, 3.8) is 0 Å². The van der Waals surface area contributed by atoms with Crippen LogP contribution in [0.15, 0.2) is 19.6 Å². The molecule has 60 valence electrons. The molecular formula is C8H6N2S2. The third kappa shape index (κ3) is 1.66. The van der Waals surface area contributed by atoms with E-state index in [1.165, 1.54) is 33.3 Å². The van der Waals surface area contributed by atoms with Crippen molar-refractivity contribution in [1.29, 1.82) is 10.5 Å². The zero-order chi connectivity index (χ0) is 9.14. The predicted octanol–water partition coefficient (Wildman–Crippen LogP) is 2.98. The highest BCUT2D eigenvalue weighted by Crippen LogP contribution is 2.49. The molecule has 4 heteroatoms. The van der Waals surface area contributed by atoms with Crippen LogP contribution in [0.25, 0.3) is 0 Å². The Kier molecular flexibility index (Phi) is 2.86. The van der Waals surface area contributed by atoms with Crippen LogP contribution in [0.2, 0.25) is 0 Å². The number of hydrogen-bond donors (Lipinski definition) is 0. The van der Waals surface area contributed by atoms with E-state index in [9.17, 15) is 0 Å². The van der Waals surface area contributed by atoms with Crippen LogP contribution < -0.4 is 0 Å². The maximum Gasteiger partial charge on any atom is 0.150 e. The van der Waals surface area contributed by atoms with Gasteiger partial charge in [-0.2, -0.15) is 10.5 Å². The van der Waals surface area contributed by atoms with Gasteiger partial charge < -0.3 is 0 Å². The molecule has 0 radical (unpaired) electrons. The summed E-state index contributed by atoms with van der Waals surface area (Å²) < 4.78 is 0.815. The summed E-state index contributed by atoms with van der Waals surface area (Å²) in [6, 6.07) is 3.77. The molecule has 0 fully saturated rings. The number of nitriles is 2. The van der Waals surface area contributed by atoms with Crippen molar-refractivity contribution in [3.05, 3.63) is 19.6 Å². The predicted molar refractivity (Wildman–Crippen MR) is 51.8 cm³/mol. The fraction of sp³-hybridized carbons (Fsp3) is 0.250. The Morgan fingerprint density at radius 3 is 1.83 bits per heavy atom. The minimum absolute atomic E-state index is 0.223. The van der Waals surface area contributed by atoms with Crippen molar-refractivity contribution in [2.75, 3.05) is 0 Å². The zero-order valence-corrected chi connectivity index (χ0v) is 8.34. The first-order chi connectivity index (χ1) is 5.69. The topological polar surface area (TPSA) is 47.6 Å². The van der Waals surface area contributed by atoms with Gasteiger partial charge in [-0.15, -0.1) is 0 Å². The lowest BCUT2D eigenvalue weighted by Crippen LogP contribution is -1.73. The first-order valence-corrected chi connectivity index (χ1v) is 4.90. The molecule has 1 aliphatic heterocycles. The Morgan fingerprint density at radius 1 is 1.08 bits per heavy atom. The number of rotatable bonds is 0. The molecule has 0 amide bonds. The molecule has 12 heavy (non-hydrogen) atoms.